The lowest BCUT2D eigenvalue weighted by molar-refractivity contribution is 0.0810. The molecule has 0 unspecified atom stereocenters. The van der Waals surface area contributed by atoms with Gasteiger partial charge in [-0.25, -0.2) is 9.97 Å². The Hall–Kier alpha value is -2.40. The fourth-order valence-electron chi connectivity index (χ4n) is 3.64. The van der Waals surface area contributed by atoms with Crippen molar-refractivity contribution in [2.75, 3.05) is 5.73 Å². The largest absolute Gasteiger partial charge is 0.390 e. The van der Waals surface area contributed by atoms with Crippen molar-refractivity contribution in [2.24, 2.45) is 0 Å². The summed E-state index contributed by atoms with van der Waals surface area (Å²) in [5, 5.41) is 11.3. The minimum absolute atomic E-state index is 0.309. The highest BCUT2D eigenvalue weighted by atomic mass is 16.3. The van der Waals surface area contributed by atoms with Crippen LogP contribution in [-0.4, -0.2) is 25.7 Å². The predicted octanol–water partition coefficient (Wildman–Crippen LogP) is 3.01. The maximum Gasteiger partial charge on any atom is 0.220 e. The molecule has 1 aliphatic rings. The number of nitrogens with two attached hydrogens (primary N) is 1. The molecule has 2 heterocycles. The summed E-state index contributed by atoms with van der Waals surface area (Å²) in [6.45, 7) is 3.66. The number of nitrogens with one attached hydrogen (secondary N) is 1. The zero-order valence-corrected chi connectivity index (χ0v) is 14.1. The average molecular weight is 322 g/mol. The Bertz CT molecular complexity index is 921. The van der Waals surface area contributed by atoms with Crippen LogP contribution in [0.15, 0.2) is 24.4 Å². The summed E-state index contributed by atoms with van der Waals surface area (Å²) < 4.78 is 0. The molecule has 24 heavy (non-hydrogen) atoms. The summed E-state index contributed by atoms with van der Waals surface area (Å²) in [5.41, 5.74) is 11.8. The number of nitrogens with zero attached hydrogens (tertiary/aromatic N) is 2. The summed E-state index contributed by atoms with van der Waals surface area (Å²) in [5.74, 6) is 0.309. The standard InChI is InChI=1S/C19H22N4O/c1-19(2,24)9-11-6-7-14-13(8-11)16-15(22-14)5-3-4-12-10-21-18(20)23-17(12)16/h6-8,10,22,24H,3-5,9H2,1-2H3,(H2,20,21,23). The van der Waals surface area contributed by atoms with Crippen LogP contribution in [0.5, 0.6) is 0 Å². The Labute approximate surface area is 141 Å². The number of aromatic nitrogens is 3. The van der Waals surface area contributed by atoms with Crippen molar-refractivity contribution in [3.05, 3.63) is 41.2 Å². The van der Waals surface area contributed by atoms with E-state index in [2.05, 4.69) is 33.2 Å². The molecule has 0 spiro atoms. The number of H-pyrrole nitrogens is 1. The molecule has 0 bridgehead atoms. The Morgan fingerprint density at radius 2 is 2.12 bits per heavy atom. The summed E-state index contributed by atoms with van der Waals surface area (Å²) in [6.07, 6.45) is 5.48. The van der Waals surface area contributed by atoms with Crippen LogP contribution in [0.4, 0.5) is 5.95 Å². The van der Waals surface area contributed by atoms with E-state index in [-0.39, 0.29) is 0 Å². The van der Waals surface area contributed by atoms with Crippen LogP contribution < -0.4 is 5.73 Å². The van der Waals surface area contributed by atoms with Crippen LogP contribution in [0, 0.1) is 0 Å². The summed E-state index contributed by atoms with van der Waals surface area (Å²) in [4.78, 5) is 12.2. The lowest BCUT2D eigenvalue weighted by atomic mass is 9.96. The maximum atomic E-state index is 10.1. The molecule has 5 nitrogen and oxygen atoms in total. The van der Waals surface area contributed by atoms with Gasteiger partial charge in [-0.05, 0) is 56.4 Å². The van der Waals surface area contributed by atoms with E-state index in [0.29, 0.717) is 12.4 Å². The quantitative estimate of drug-likeness (QED) is 0.677. The lowest BCUT2D eigenvalue weighted by Gasteiger charge is -2.17. The third-order valence-corrected chi connectivity index (χ3v) is 4.57. The number of aromatic amines is 1. The van der Waals surface area contributed by atoms with Gasteiger partial charge in [0.1, 0.15) is 0 Å². The lowest BCUT2D eigenvalue weighted by Crippen LogP contribution is -2.21. The van der Waals surface area contributed by atoms with Crippen LogP contribution >= 0.6 is 0 Å². The Morgan fingerprint density at radius 1 is 1.29 bits per heavy atom. The number of hydrogen-bond donors (Lipinski definition) is 3. The summed E-state index contributed by atoms with van der Waals surface area (Å²) in [7, 11) is 0. The third kappa shape index (κ3) is 2.65. The highest BCUT2D eigenvalue weighted by Gasteiger charge is 2.22. The second kappa shape index (κ2) is 5.31. The number of aryl methyl sites for hydroxylation is 2. The van der Waals surface area contributed by atoms with Crippen molar-refractivity contribution in [3.8, 4) is 11.3 Å². The van der Waals surface area contributed by atoms with E-state index in [0.717, 1.165) is 52.5 Å². The van der Waals surface area contributed by atoms with Crippen LogP contribution in [0.1, 0.15) is 37.1 Å². The first-order valence-corrected chi connectivity index (χ1v) is 8.38. The molecule has 1 aromatic carbocycles. The number of anilines is 1. The zero-order chi connectivity index (χ0) is 16.9. The van der Waals surface area contributed by atoms with E-state index in [1.54, 1.807) is 0 Å². The topological polar surface area (TPSA) is 87.8 Å². The number of aliphatic hydroxyl groups is 1. The van der Waals surface area contributed by atoms with Gasteiger partial charge in [-0.1, -0.05) is 6.07 Å². The molecule has 1 aliphatic carbocycles. The minimum Gasteiger partial charge on any atom is -0.390 e. The first-order valence-electron chi connectivity index (χ1n) is 8.38. The molecule has 0 saturated carbocycles. The van der Waals surface area contributed by atoms with Crippen molar-refractivity contribution in [2.45, 2.75) is 45.1 Å². The number of nitrogen functional groups attached to an aromatic ring is 1. The van der Waals surface area contributed by atoms with Gasteiger partial charge in [0.15, 0.2) is 0 Å². The highest BCUT2D eigenvalue weighted by molar-refractivity contribution is 5.98. The summed E-state index contributed by atoms with van der Waals surface area (Å²) in [6, 6.07) is 6.33. The SMILES string of the molecule is CC(C)(O)Cc1ccc2[nH]c3c(c2c1)-c1nc(N)ncc1CCC3. The van der Waals surface area contributed by atoms with Gasteiger partial charge in [-0.15, -0.1) is 0 Å². The number of hydrogen-bond acceptors (Lipinski definition) is 4. The Morgan fingerprint density at radius 3 is 2.92 bits per heavy atom. The molecule has 5 heteroatoms. The fraction of sp³-hybridized carbons (Fsp3) is 0.368. The normalized spacial score (nSPS) is 14.3. The molecule has 2 aromatic heterocycles. The van der Waals surface area contributed by atoms with E-state index in [4.69, 9.17) is 5.73 Å². The molecule has 0 saturated heterocycles. The van der Waals surface area contributed by atoms with E-state index >= 15 is 0 Å². The predicted molar refractivity (Wildman–Crippen MR) is 95.8 cm³/mol. The molecule has 3 aromatic rings. The number of fused-ring (bicyclic) bond motifs is 5. The van der Waals surface area contributed by atoms with Crippen molar-refractivity contribution >= 4 is 16.9 Å². The zero-order valence-electron chi connectivity index (χ0n) is 14.1. The molecule has 0 radical (unpaired) electrons. The van der Waals surface area contributed by atoms with E-state index in [9.17, 15) is 5.11 Å². The van der Waals surface area contributed by atoms with E-state index in [1.165, 1.54) is 5.69 Å². The van der Waals surface area contributed by atoms with Crippen molar-refractivity contribution in [1.82, 2.24) is 15.0 Å². The van der Waals surface area contributed by atoms with Crippen molar-refractivity contribution in [3.63, 3.8) is 0 Å². The molecule has 4 rings (SSSR count). The van der Waals surface area contributed by atoms with Crippen LogP contribution in [0.25, 0.3) is 22.2 Å². The van der Waals surface area contributed by atoms with Crippen LogP contribution in [0.2, 0.25) is 0 Å². The monoisotopic (exact) mass is 322 g/mol. The molecule has 0 amide bonds. The van der Waals surface area contributed by atoms with Gasteiger partial charge in [0.05, 0.1) is 11.3 Å². The number of rotatable bonds is 2. The fourth-order valence-corrected chi connectivity index (χ4v) is 3.64. The summed E-state index contributed by atoms with van der Waals surface area (Å²) >= 11 is 0. The van der Waals surface area contributed by atoms with Gasteiger partial charge < -0.3 is 15.8 Å². The van der Waals surface area contributed by atoms with Crippen molar-refractivity contribution < 1.29 is 5.11 Å². The second-order valence-corrected chi connectivity index (χ2v) is 7.30. The highest BCUT2D eigenvalue weighted by Crippen LogP contribution is 2.37. The minimum atomic E-state index is -0.731. The molecule has 0 aliphatic heterocycles. The second-order valence-electron chi connectivity index (χ2n) is 7.30. The smallest absolute Gasteiger partial charge is 0.220 e. The van der Waals surface area contributed by atoms with Gasteiger partial charge >= 0.3 is 0 Å². The average Bonchev–Trinajstić information content (AvgIpc) is 2.74. The number of benzene rings is 1. The Balaban J connectivity index is 1.95. The van der Waals surface area contributed by atoms with Gasteiger partial charge in [-0.2, -0.15) is 0 Å². The molecule has 0 fully saturated rings. The molecular formula is C19H22N4O. The van der Waals surface area contributed by atoms with Gasteiger partial charge in [0.25, 0.3) is 0 Å². The first kappa shape index (κ1) is 15.1. The molecular weight excluding hydrogens is 300 g/mol. The van der Waals surface area contributed by atoms with Gasteiger partial charge in [0, 0.05) is 34.8 Å². The van der Waals surface area contributed by atoms with Crippen LogP contribution in [-0.2, 0) is 19.3 Å². The van der Waals surface area contributed by atoms with E-state index in [1.807, 2.05) is 20.0 Å². The van der Waals surface area contributed by atoms with E-state index < -0.39 is 5.60 Å². The van der Waals surface area contributed by atoms with Gasteiger partial charge in [0.2, 0.25) is 5.95 Å². The van der Waals surface area contributed by atoms with Gasteiger partial charge in [-0.3, -0.25) is 0 Å². The van der Waals surface area contributed by atoms with Crippen LogP contribution in [0.3, 0.4) is 0 Å². The first-order chi connectivity index (χ1) is 11.4. The Kier molecular flexibility index (Phi) is 3.35. The van der Waals surface area contributed by atoms with Crippen molar-refractivity contribution in [1.29, 1.82) is 0 Å². The molecule has 124 valence electrons. The molecule has 0 atom stereocenters. The molecule has 4 N–H and O–H groups in total. The third-order valence-electron chi connectivity index (χ3n) is 4.57. The maximum absolute atomic E-state index is 10.1.